The number of nitrogens with one attached hydrogen (secondary N) is 1. The Morgan fingerprint density at radius 1 is 1.10 bits per heavy atom. The molecule has 4 heteroatoms. The molecule has 0 saturated heterocycles. The predicted octanol–water partition coefficient (Wildman–Crippen LogP) is 5.88. The highest BCUT2D eigenvalue weighted by atomic mass is 16.5. The van der Waals surface area contributed by atoms with Crippen molar-refractivity contribution >= 4 is 17.1 Å². The summed E-state index contributed by atoms with van der Waals surface area (Å²) in [6, 6.07) is 15.6. The molecule has 0 spiro atoms. The fourth-order valence-electron chi connectivity index (χ4n) is 4.04. The van der Waals surface area contributed by atoms with Gasteiger partial charge in [-0.15, -0.1) is 0 Å². The fourth-order valence-corrected chi connectivity index (χ4v) is 4.04. The number of aromatic nitrogens is 2. The van der Waals surface area contributed by atoms with E-state index in [9.17, 15) is 4.79 Å². The Bertz CT molecular complexity index is 1020. The van der Waals surface area contributed by atoms with Gasteiger partial charge in [0.15, 0.2) is 0 Å². The van der Waals surface area contributed by atoms with E-state index in [0.717, 1.165) is 23.4 Å². The molecule has 1 aromatic heterocycles. The Morgan fingerprint density at radius 3 is 2.76 bits per heavy atom. The minimum absolute atomic E-state index is 0.162. The number of ether oxygens (including phenoxy) is 1. The molecular weight excluding hydrogens is 360 g/mol. The van der Waals surface area contributed by atoms with Crippen LogP contribution >= 0.6 is 0 Å². The first-order valence-corrected chi connectivity index (χ1v) is 10.7. The molecule has 1 N–H and O–H groups in total. The molecule has 0 amide bonds. The summed E-state index contributed by atoms with van der Waals surface area (Å²) in [6.45, 7) is 0.492. The number of allylic oxidation sites excluding steroid dienone is 1. The minimum Gasteiger partial charge on any atom is -0.489 e. The van der Waals surface area contributed by atoms with E-state index < -0.39 is 0 Å². The standard InChI is InChI=1S/C25H28N2O2/c28-25-23(14-6-2-3-9-19-10-7-8-11-19)26-22-16-15-21(17-24(22)27-25)29-18-20-12-4-1-5-13-20/h1,4-6,12-17,19H,2-3,7-11,18H2,(H,27,28)/b14-6+. The summed E-state index contributed by atoms with van der Waals surface area (Å²) in [4.78, 5) is 19.8. The molecule has 0 radical (unpaired) electrons. The maximum absolute atomic E-state index is 12.4. The van der Waals surface area contributed by atoms with Crippen LogP contribution in [0.15, 0.2) is 59.4 Å². The molecule has 1 saturated carbocycles. The Labute approximate surface area is 171 Å². The molecule has 0 aliphatic heterocycles. The highest BCUT2D eigenvalue weighted by molar-refractivity contribution is 5.76. The molecule has 2 aromatic carbocycles. The third-order valence-corrected chi connectivity index (χ3v) is 5.67. The first kappa shape index (κ1) is 19.4. The second kappa shape index (κ2) is 9.55. The number of H-pyrrole nitrogens is 1. The second-order valence-corrected chi connectivity index (χ2v) is 7.89. The summed E-state index contributed by atoms with van der Waals surface area (Å²) >= 11 is 0. The molecule has 3 aromatic rings. The van der Waals surface area contributed by atoms with Crippen molar-refractivity contribution in [2.45, 2.75) is 51.6 Å². The van der Waals surface area contributed by atoms with Gasteiger partial charge in [-0.05, 0) is 42.5 Å². The largest absolute Gasteiger partial charge is 0.489 e. The van der Waals surface area contributed by atoms with Gasteiger partial charge in [-0.25, -0.2) is 4.98 Å². The van der Waals surface area contributed by atoms with Gasteiger partial charge < -0.3 is 9.72 Å². The average molecular weight is 389 g/mol. The molecule has 4 nitrogen and oxygen atoms in total. The molecule has 4 rings (SSSR count). The molecule has 0 bridgehead atoms. The molecular formula is C25H28N2O2. The number of hydrogen-bond donors (Lipinski definition) is 1. The molecule has 1 aliphatic carbocycles. The van der Waals surface area contributed by atoms with Gasteiger partial charge in [0.25, 0.3) is 5.56 Å². The number of fused-ring (bicyclic) bond motifs is 1. The second-order valence-electron chi connectivity index (χ2n) is 7.89. The molecule has 150 valence electrons. The lowest BCUT2D eigenvalue weighted by Crippen LogP contribution is -2.11. The SMILES string of the molecule is O=c1[nH]c2cc(OCc3ccccc3)ccc2nc1/C=C/CCCC1CCCC1. The van der Waals surface area contributed by atoms with E-state index in [1.54, 1.807) is 0 Å². The third-order valence-electron chi connectivity index (χ3n) is 5.67. The van der Waals surface area contributed by atoms with Crippen LogP contribution in [-0.4, -0.2) is 9.97 Å². The van der Waals surface area contributed by atoms with Crippen molar-refractivity contribution in [2.75, 3.05) is 0 Å². The Hall–Kier alpha value is -2.88. The van der Waals surface area contributed by atoms with Gasteiger partial charge in [-0.1, -0.05) is 68.5 Å². The predicted molar refractivity (Wildman–Crippen MR) is 118 cm³/mol. The molecule has 0 atom stereocenters. The van der Waals surface area contributed by atoms with Crippen LogP contribution in [0.4, 0.5) is 0 Å². The van der Waals surface area contributed by atoms with Crippen molar-refractivity contribution in [1.82, 2.24) is 9.97 Å². The fraction of sp³-hybridized carbons (Fsp3) is 0.360. The monoisotopic (exact) mass is 388 g/mol. The lowest BCUT2D eigenvalue weighted by molar-refractivity contribution is 0.306. The van der Waals surface area contributed by atoms with Crippen LogP contribution in [0, 0.1) is 5.92 Å². The topological polar surface area (TPSA) is 55.0 Å². The first-order valence-electron chi connectivity index (χ1n) is 10.7. The van der Waals surface area contributed by atoms with Gasteiger partial charge in [0.2, 0.25) is 0 Å². The number of unbranched alkanes of at least 4 members (excludes halogenated alkanes) is 1. The highest BCUT2D eigenvalue weighted by Crippen LogP contribution is 2.29. The highest BCUT2D eigenvalue weighted by Gasteiger charge is 2.13. The zero-order valence-corrected chi connectivity index (χ0v) is 16.8. The van der Waals surface area contributed by atoms with Crippen LogP contribution in [0.1, 0.15) is 56.2 Å². The smallest absolute Gasteiger partial charge is 0.274 e. The van der Waals surface area contributed by atoms with Crippen LogP contribution in [0.5, 0.6) is 5.75 Å². The van der Waals surface area contributed by atoms with E-state index in [2.05, 4.69) is 16.0 Å². The van der Waals surface area contributed by atoms with E-state index in [-0.39, 0.29) is 5.56 Å². The summed E-state index contributed by atoms with van der Waals surface area (Å²) in [5.41, 5.74) is 2.87. The average Bonchev–Trinajstić information content (AvgIpc) is 3.26. The van der Waals surface area contributed by atoms with Crippen molar-refractivity contribution in [3.05, 3.63) is 76.2 Å². The molecule has 1 aliphatic rings. The van der Waals surface area contributed by atoms with Crippen molar-refractivity contribution in [1.29, 1.82) is 0 Å². The quantitative estimate of drug-likeness (QED) is 0.491. The van der Waals surface area contributed by atoms with Crippen LogP contribution in [0.25, 0.3) is 17.1 Å². The molecule has 1 heterocycles. The number of nitrogens with zero attached hydrogens (tertiary/aromatic N) is 1. The number of rotatable bonds is 8. The van der Waals surface area contributed by atoms with E-state index in [4.69, 9.17) is 4.74 Å². The Balaban J connectivity index is 1.37. The third kappa shape index (κ3) is 5.35. The van der Waals surface area contributed by atoms with Crippen molar-refractivity contribution in [3.8, 4) is 5.75 Å². The first-order chi connectivity index (χ1) is 14.3. The molecule has 1 fully saturated rings. The van der Waals surface area contributed by atoms with Gasteiger partial charge in [0, 0.05) is 6.07 Å². The normalized spacial score (nSPS) is 14.8. The lowest BCUT2D eigenvalue weighted by Gasteiger charge is -2.07. The number of hydrogen-bond acceptors (Lipinski definition) is 3. The van der Waals surface area contributed by atoms with E-state index in [1.165, 1.54) is 38.5 Å². The molecule has 0 unspecified atom stereocenters. The maximum Gasteiger partial charge on any atom is 0.274 e. The zero-order valence-electron chi connectivity index (χ0n) is 16.8. The van der Waals surface area contributed by atoms with Gasteiger partial charge in [0.1, 0.15) is 18.1 Å². The summed E-state index contributed by atoms with van der Waals surface area (Å²) in [6.07, 6.45) is 13.0. The number of aromatic amines is 1. The van der Waals surface area contributed by atoms with Crippen LogP contribution in [-0.2, 0) is 6.61 Å². The van der Waals surface area contributed by atoms with Gasteiger partial charge >= 0.3 is 0 Å². The van der Waals surface area contributed by atoms with Crippen LogP contribution in [0.3, 0.4) is 0 Å². The van der Waals surface area contributed by atoms with Crippen molar-refractivity contribution in [3.63, 3.8) is 0 Å². The van der Waals surface area contributed by atoms with E-state index >= 15 is 0 Å². The summed E-state index contributed by atoms with van der Waals surface area (Å²) in [5.74, 6) is 1.64. The van der Waals surface area contributed by atoms with Gasteiger partial charge in [-0.2, -0.15) is 0 Å². The van der Waals surface area contributed by atoms with Crippen molar-refractivity contribution in [2.24, 2.45) is 5.92 Å². The van der Waals surface area contributed by atoms with Gasteiger partial charge in [-0.3, -0.25) is 4.79 Å². The van der Waals surface area contributed by atoms with E-state index in [0.29, 0.717) is 23.6 Å². The van der Waals surface area contributed by atoms with E-state index in [1.807, 2.05) is 54.6 Å². The maximum atomic E-state index is 12.4. The summed E-state index contributed by atoms with van der Waals surface area (Å²) in [5, 5.41) is 0. The zero-order chi connectivity index (χ0) is 19.9. The number of benzene rings is 2. The van der Waals surface area contributed by atoms with Gasteiger partial charge in [0.05, 0.1) is 11.0 Å². The Morgan fingerprint density at radius 2 is 1.93 bits per heavy atom. The Kier molecular flexibility index (Phi) is 6.40. The lowest BCUT2D eigenvalue weighted by atomic mass is 10.0. The minimum atomic E-state index is -0.162. The van der Waals surface area contributed by atoms with Crippen molar-refractivity contribution < 1.29 is 4.74 Å². The van der Waals surface area contributed by atoms with Crippen LogP contribution < -0.4 is 10.3 Å². The summed E-state index contributed by atoms with van der Waals surface area (Å²) in [7, 11) is 0. The summed E-state index contributed by atoms with van der Waals surface area (Å²) < 4.78 is 5.84. The molecule has 29 heavy (non-hydrogen) atoms. The van der Waals surface area contributed by atoms with Crippen LogP contribution in [0.2, 0.25) is 0 Å².